The molecule has 1 N–H and O–H groups in total. The summed E-state index contributed by atoms with van der Waals surface area (Å²) in [5.41, 5.74) is 0.925. The summed E-state index contributed by atoms with van der Waals surface area (Å²) in [6.45, 7) is 3.46. The fourth-order valence-electron chi connectivity index (χ4n) is 1.03. The van der Waals surface area contributed by atoms with Crippen LogP contribution in [0.25, 0.3) is 0 Å². The van der Waals surface area contributed by atoms with E-state index in [4.69, 9.17) is 4.74 Å². The third kappa shape index (κ3) is 5.56. The smallest absolute Gasteiger partial charge is 0.407 e. The topological polar surface area (TPSA) is 55.4 Å². The number of ether oxygens (including phenoxy) is 1. The number of carbonyl (C=O) groups excluding carboxylic acids is 1. The number of carbonyl (C=O) groups is 1. The summed E-state index contributed by atoms with van der Waals surface area (Å²) in [7, 11) is -2.23. The molecule has 1 amide bonds. The van der Waals surface area contributed by atoms with E-state index in [1.807, 2.05) is 30.3 Å². The molecule has 88 valence electrons. The molecule has 0 radical (unpaired) electrons. The predicted molar refractivity (Wildman–Crippen MR) is 64.1 cm³/mol. The Bertz CT molecular complexity index is 385. The molecule has 1 aromatic carbocycles. The fourth-order valence-corrected chi connectivity index (χ4v) is 1.54. The zero-order chi connectivity index (χ0) is 12.0. The van der Waals surface area contributed by atoms with Crippen molar-refractivity contribution in [3.8, 4) is 0 Å². The molecule has 0 aliphatic heterocycles. The van der Waals surface area contributed by atoms with Crippen LogP contribution in [0.1, 0.15) is 5.56 Å². The van der Waals surface area contributed by atoms with Gasteiger partial charge in [0, 0.05) is 0 Å². The Kier molecular flexibility index (Phi) is 4.56. The van der Waals surface area contributed by atoms with Gasteiger partial charge in [-0.1, -0.05) is 30.3 Å². The summed E-state index contributed by atoms with van der Waals surface area (Å²) < 4.78 is 16.3. The average molecular weight is 241 g/mol. The standard InChI is InChI=1S/C11H16NO3P/c1-16(2,14)9-12-11(13)15-8-10-6-4-3-5-7-10/h3-7H,8-9H2,1-2H3,(H,12,13). The molecular formula is C11H16NO3P. The Morgan fingerprint density at radius 2 is 1.94 bits per heavy atom. The molecule has 0 aliphatic rings. The lowest BCUT2D eigenvalue weighted by Gasteiger charge is -2.09. The van der Waals surface area contributed by atoms with Gasteiger partial charge in [-0.25, -0.2) is 4.79 Å². The first-order chi connectivity index (χ1) is 7.47. The number of hydrogen-bond donors (Lipinski definition) is 1. The Morgan fingerprint density at radius 3 is 2.50 bits per heavy atom. The first-order valence-corrected chi connectivity index (χ1v) is 7.74. The van der Waals surface area contributed by atoms with Gasteiger partial charge < -0.3 is 14.6 Å². The van der Waals surface area contributed by atoms with Crippen molar-refractivity contribution in [2.75, 3.05) is 19.6 Å². The Morgan fingerprint density at radius 1 is 1.31 bits per heavy atom. The molecule has 0 aromatic heterocycles. The first kappa shape index (κ1) is 12.8. The van der Waals surface area contributed by atoms with Crippen LogP contribution in [-0.4, -0.2) is 25.7 Å². The van der Waals surface area contributed by atoms with Crippen molar-refractivity contribution >= 4 is 13.2 Å². The second-order valence-corrected chi connectivity index (χ2v) is 7.43. The Labute approximate surface area is 95.4 Å². The maximum absolute atomic E-state index is 11.3. The fraction of sp³-hybridized carbons (Fsp3) is 0.364. The molecule has 5 heteroatoms. The van der Waals surface area contributed by atoms with Gasteiger partial charge in [0.05, 0.1) is 6.29 Å². The normalized spacial score (nSPS) is 10.9. The van der Waals surface area contributed by atoms with E-state index in [1.54, 1.807) is 13.3 Å². The van der Waals surface area contributed by atoms with E-state index >= 15 is 0 Å². The number of benzene rings is 1. The number of alkyl carbamates (subject to hydrolysis) is 1. The van der Waals surface area contributed by atoms with Gasteiger partial charge >= 0.3 is 6.09 Å². The number of nitrogens with one attached hydrogen (secondary N) is 1. The molecule has 1 rings (SSSR count). The zero-order valence-electron chi connectivity index (χ0n) is 9.47. The third-order valence-electron chi connectivity index (χ3n) is 1.82. The molecule has 0 atom stereocenters. The summed E-state index contributed by atoms with van der Waals surface area (Å²) in [6.07, 6.45) is -0.367. The van der Waals surface area contributed by atoms with E-state index in [9.17, 15) is 9.36 Å². The summed E-state index contributed by atoms with van der Waals surface area (Å²) in [6, 6.07) is 9.40. The molecular weight excluding hydrogens is 225 g/mol. The van der Waals surface area contributed by atoms with Crippen molar-refractivity contribution in [3.63, 3.8) is 0 Å². The second kappa shape index (κ2) is 5.71. The Hall–Kier alpha value is -1.28. The van der Waals surface area contributed by atoms with E-state index in [0.717, 1.165) is 5.56 Å². The van der Waals surface area contributed by atoms with E-state index in [2.05, 4.69) is 5.32 Å². The van der Waals surface area contributed by atoms with Crippen LogP contribution in [0, 0.1) is 0 Å². The lowest BCUT2D eigenvalue weighted by molar-refractivity contribution is 0.141. The lowest BCUT2D eigenvalue weighted by Crippen LogP contribution is -2.24. The van der Waals surface area contributed by atoms with Gasteiger partial charge in [0.2, 0.25) is 0 Å². The highest BCUT2D eigenvalue weighted by Crippen LogP contribution is 2.33. The van der Waals surface area contributed by atoms with Crippen molar-refractivity contribution < 1.29 is 14.1 Å². The van der Waals surface area contributed by atoms with Gasteiger partial charge in [0.1, 0.15) is 13.7 Å². The quantitative estimate of drug-likeness (QED) is 0.824. The molecule has 0 saturated carbocycles. The highest BCUT2D eigenvalue weighted by Gasteiger charge is 2.09. The molecule has 0 heterocycles. The van der Waals surface area contributed by atoms with Crippen molar-refractivity contribution in [2.45, 2.75) is 6.61 Å². The molecule has 1 aromatic rings. The minimum absolute atomic E-state index is 0.167. The van der Waals surface area contributed by atoms with Gasteiger partial charge in [0.25, 0.3) is 0 Å². The first-order valence-electron chi connectivity index (χ1n) is 4.96. The van der Waals surface area contributed by atoms with Crippen LogP contribution < -0.4 is 5.32 Å². The summed E-state index contributed by atoms with van der Waals surface area (Å²) >= 11 is 0. The maximum atomic E-state index is 11.3. The van der Waals surface area contributed by atoms with Gasteiger partial charge in [-0.15, -0.1) is 0 Å². The molecule has 0 bridgehead atoms. The van der Waals surface area contributed by atoms with Crippen molar-refractivity contribution in [3.05, 3.63) is 35.9 Å². The van der Waals surface area contributed by atoms with Gasteiger partial charge in [0.15, 0.2) is 0 Å². The molecule has 0 saturated heterocycles. The Balaban J connectivity index is 2.29. The molecule has 0 aliphatic carbocycles. The highest BCUT2D eigenvalue weighted by atomic mass is 31.2. The largest absolute Gasteiger partial charge is 0.445 e. The van der Waals surface area contributed by atoms with E-state index in [1.165, 1.54) is 0 Å². The van der Waals surface area contributed by atoms with Crippen molar-refractivity contribution in [1.82, 2.24) is 5.32 Å². The minimum atomic E-state index is -2.23. The third-order valence-corrected chi connectivity index (χ3v) is 2.74. The molecule has 0 fully saturated rings. The maximum Gasteiger partial charge on any atom is 0.407 e. The summed E-state index contributed by atoms with van der Waals surface area (Å²) in [5, 5.41) is 2.47. The minimum Gasteiger partial charge on any atom is -0.445 e. The van der Waals surface area contributed by atoms with Crippen LogP contribution in [0.3, 0.4) is 0 Å². The number of rotatable bonds is 4. The SMILES string of the molecule is CP(C)(=O)CNC(=O)OCc1ccccc1. The van der Waals surface area contributed by atoms with Gasteiger partial charge in [-0.05, 0) is 18.9 Å². The number of hydrogen-bond acceptors (Lipinski definition) is 3. The van der Waals surface area contributed by atoms with Crippen LogP contribution in [-0.2, 0) is 15.9 Å². The second-order valence-electron chi connectivity index (χ2n) is 3.97. The zero-order valence-corrected chi connectivity index (χ0v) is 10.4. The molecule has 0 spiro atoms. The predicted octanol–water partition coefficient (Wildman–Crippen LogP) is 2.49. The van der Waals surface area contributed by atoms with Crippen LogP contribution in [0.4, 0.5) is 4.79 Å². The van der Waals surface area contributed by atoms with E-state index in [0.29, 0.717) is 0 Å². The van der Waals surface area contributed by atoms with E-state index < -0.39 is 13.2 Å². The van der Waals surface area contributed by atoms with Gasteiger partial charge in [-0.2, -0.15) is 0 Å². The van der Waals surface area contributed by atoms with Crippen LogP contribution in [0.2, 0.25) is 0 Å². The van der Waals surface area contributed by atoms with Crippen molar-refractivity contribution in [2.24, 2.45) is 0 Å². The van der Waals surface area contributed by atoms with Gasteiger partial charge in [-0.3, -0.25) is 0 Å². The highest BCUT2D eigenvalue weighted by molar-refractivity contribution is 7.62. The molecule has 4 nitrogen and oxygen atoms in total. The van der Waals surface area contributed by atoms with Crippen LogP contribution in [0.5, 0.6) is 0 Å². The molecule has 0 unspecified atom stereocenters. The molecule has 16 heavy (non-hydrogen) atoms. The average Bonchev–Trinajstić information content (AvgIpc) is 2.24. The van der Waals surface area contributed by atoms with Crippen LogP contribution in [0.15, 0.2) is 30.3 Å². The summed E-state index contributed by atoms with van der Waals surface area (Å²) in [4.78, 5) is 11.2. The monoisotopic (exact) mass is 241 g/mol. The van der Waals surface area contributed by atoms with Crippen molar-refractivity contribution in [1.29, 1.82) is 0 Å². The summed E-state index contributed by atoms with van der Waals surface area (Å²) in [5.74, 6) is 0. The van der Waals surface area contributed by atoms with Crippen LogP contribution >= 0.6 is 7.14 Å². The number of amides is 1. The van der Waals surface area contributed by atoms with E-state index in [-0.39, 0.29) is 12.9 Å². The lowest BCUT2D eigenvalue weighted by atomic mass is 10.2.